The number of ketones is 1. The van der Waals surface area contributed by atoms with Crippen molar-refractivity contribution in [2.45, 2.75) is 13.5 Å². The van der Waals surface area contributed by atoms with E-state index in [0.29, 0.717) is 17.9 Å². The lowest BCUT2D eigenvalue weighted by Gasteiger charge is -2.17. The van der Waals surface area contributed by atoms with Crippen molar-refractivity contribution in [3.8, 4) is 17.9 Å². The van der Waals surface area contributed by atoms with Crippen molar-refractivity contribution in [3.63, 3.8) is 0 Å². The summed E-state index contributed by atoms with van der Waals surface area (Å²) in [6.07, 6.45) is 0. The van der Waals surface area contributed by atoms with Gasteiger partial charge in [-0.15, -0.1) is 0 Å². The maximum absolute atomic E-state index is 11.4. The Kier molecular flexibility index (Phi) is 5.53. The first-order chi connectivity index (χ1) is 9.12. The summed E-state index contributed by atoms with van der Waals surface area (Å²) in [5.74, 6) is 0.613. The number of carbonyl (C=O) groups is 1. The van der Waals surface area contributed by atoms with E-state index in [9.17, 15) is 4.79 Å². The maximum atomic E-state index is 11.4. The Morgan fingerprint density at radius 1 is 1.32 bits per heavy atom. The van der Waals surface area contributed by atoms with Crippen LogP contribution >= 0.6 is 0 Å². The lowest BCUT2D eigenvalue weighted by molar-refractivity contribution is 0.101. The first kappa shape index (κ1) is 14.7. The van der Waals surface area contributed by atoms with Crippen LogP contribution in [0.25, 0.3) is 0 Å². The van der Waals surface area contributed by atoms with Crippen LogP contribution in [0, 0.1) is 22.7 Å². The van der Waals surface area contributed by atoms with Gasteiger partial charge >= 0.3 is 0 Å². The van der Waals surface area contributed by atoms with Crippen molar-refractivity contribution in [3.05, 3.63) is 29.3 Å². The minimum atomic E-state index is -0.0315. The molecule has 0 fully saturated rings. The second-order valence-corrected chi connectivity index (χ2v) is 4.04. The molecule has 0 aliphatic carbocycles. The van der Waals surface area contributed by atoms with Crippen molar-refractivity contribution >= 4 is 5.78 Å². The normalized spacial score (nSPS) is 9.74. The van der Waals surface area contributed by atoms with Crippen molar-refractivity contribution < 1.29 is 9.53 Å². The highest BCUT2D eigenvalue weighted by atomic mass is 16.5. The highest BCUT2D eigenvalue weighted by Crippen LogP contribution is 2.21. The number of methoxy groups -OCH3 is 1. The number of ether oxygens (including phenoxy) is 1. The van der Waals surface area contributed by atoms with Gasteiger partial charge in [-0.3, -0.25) is 9.69 Å². The summed E-state index contributed by atoms with van der Waals surface area (Å²) in [6, 6.07) is 9.19. The predicted octanol–water partition coefficient (Wildman–Crippen LogP) is 1.75. The van der Waals surface area contributed by atoms with Gasteiger partial charge in [-0.05, 0) is 25.1 Å². The van der Waals surface area contributed by atoms with E-state index >= 15 is 0 Å². The molecule has 5 nitrogen and oxygen atoms in total. The second kappa shape index (κ2) is 7.15. The Balaban J connectivity index is 3.03. The van der Waals surface area contributed by atoms with Crippen molar-refractivity contribution in [2.75, 3.05) is 20.2 Å². The van der Waals surface area contributed by atoms with Crippen LogP contribution in [0.5, 0.6) is 5.75 Å². The van der Waals surface area contributed by atoms with Crippen LogP contribution in [-0.4, -0.2) is 30.9 Å². The van der Waals surface area contributed by atoms with E-state index in [-0.39, 0.29) is 18.9 Å². The number of nitriles is 2. The molecule has 0 aromatic heterocycles. The third kappa shape index (κ3) is 4.09. The molecule has 0 saturated carbocycles. The SMILES string of the molecule is COc1ccc(C(C)=O)cc1CN(CC#N)CC#N. The van der Waals surface area contributed by atoms with Gasteiger partial charge in [-0.25, -0.2) is 0 Å². The molecule has 0 unspecified atom stereocenters. The van der Waals surface area contributed by atoms with E-state index in [4.69, 9.17) is 15.3 Å². The van der Waals surface area contributed by atoms with Gasteiger partial charge in [0.15, 0.2) is 5.78 Å². The molecule has 0 atom stereocenters. The summed E-state index contributed by atoms with van der Waals surface area (Å²) in [5.41, 5.74) is 1.38. The molecule has 0 saturated heterocycles. The zero-order valence-electron chi connectivity index (χ0n) is 11.0. The monoisotopic (exact) mass is 257 g/mol. The third-order valence-corrected chi connectivity index (χ3v) is 2.67. The number of carbonyl (C=O) groups excluding carboxylic acids is 1. The molecule has 0 heterocycles. The van der Waals surface area contributed by atoms with E-state index in [2.05, 4.69) is 0 Å². The fourth-order valence-corrected chi connectivity index (χ4v) is 1.73. The summed E-state index contributed by atoms with van der Waals surface area (Å²) in [4.78, 5) is 13.1. The number of hydrogen-bond acceptors (Lipinski definition) is 5. The highest BCUT2D eigenvalue weighted by Gasteiger charge is 2.11. The van der Waals surface area contributed by atoms with Gasteiger partial charge in [0.25, 0.3) is 0 Å². The van der Waals surface area contributed by atoms with Gasteiger partial charge < -0.3 is 4.74 Å². The summed E-state index contributed by atoms with van der Waals surface area (Å²) in [5, 5.41) is 17.4. The summed E-state index contributed by atoms with van der Waals surface area (Å²) >= 11 is 0. The molecule has 0 aliphatic rings. The van der Waals surface area contributed by atoms with Gasteiger partial charge in [-0.2, -0.15) is 10.5 Å². The van der Waals surface area contributed by atoms with Gasteiger partial charge in [-0.1, -0.05) is 0 Å². The van der Waals surface area contributed by atoms with E-state index < -0.39 is 0 Å². The average Bonchev–Trinajstić information content (AvgIpc) is 2.39. The van der Waals surface area contributed by atoms with Gasteiger partial charge in [0.05, 0.1) is 32.3 Å². The molecule has 5 heteroatoms. The third-order valence-electron chi connectivity index (χ3n) is 2.67. The molecule has 19 heavy (non-hydrogen) atoms. The van der Waals surface area contributed by atoms with Gasteiger partial charge in [0.2, 0.25) is 0 Å². The Morgan fingerprint density at radius 2 is 1.95 bits per heavy atom. The number of hydrogen-bond donors (Lipinski definition) is 0. The van der Waals surface area contributed by atoms with Crippen LogP contribution in [0.2, 0.25) is 0 Å². The van der Waals surface area contributed by atoms with Crippen LogP contribution in [0.4, 0.5) is 0 Å². The van der Waals surface area contributed by atoms with Crippen LogP contribution in [0.3, 0.4) is 0 Å². The Labute approximate surface area is 112 Å². The van der Waals surface area contributed by atoms with Crippen LogP contribution < -0.4 is 4.74 Å². The van der Waals surface area contributed by atoms with E-state index in [1.165, 1.54) is 6.92 Å². The molecule has 98 valence electrons. The van der Waals surface area contributed by atoms with Crippen molar-refractivity contribution in [2.24, 2.45) is 0 Å². The van der Waals surface area contributed by atoms with Crippen LogP contribution in [0.15, 0.2) is 18.2 Å². The second-order valence-electron chi connectivity index (χ2n) is 4.04. The molecule has 0 spiro atoms. The first-order valence-electron chi connectivity index (χ1n) is 5.76. The topological polar surface area (TPSA) is 77.1 Å². The first-order valence-corrected chi connectivity index (χ1v) is 5.76. The molecule has 1 aromatic rings. The Morgan fingerprint density at radius 3 is 2.42 bits per heavy atom. The van der Waals surface area contributed by atoms with E-state index in [1.807, 2.05) is 12.1 Å². The Bertz CT molecular complexity index is 525. The average molecular weight is 257 g/mol. The zero-order valence-corrected chi connectivity index (χ0v) is 11.0. The standard InChI is InChI=1S/C14H15N3O2/c1-11(18)12-3-4-14(19-2)13(9-12)10-17(7-5-15)8-6-16/h3-4,9H,7-8,10H2,1-2H3. The fraction of sp³-hybridized carbons (Fsp3) is 0.357. The van der Waals surface area contributed by atoms with Crippen LogP contribution in [0.1, 0.15) is 22.8 Å². The summed E-state index contributed by atoms with van der Waals surface area (Å²) in [6.45, 7) is 2.20. The summed E-state index contributed by atoms with van der Waals surface area (Å²) in [7, 11) is 1.55. The number of benzene rings is 1. The molecular weight excluding hydrogens is 242 g/mol. The molecule has 1 rings (SSSR count). The van der Waals surface area contributed by atoms with Gasteiger partial charge in [0, 0.05) is 17.7 Å². The molecule has 1 aromatic carbocycles. The molecule has 0 N–H and O–H groups in total. The lowest BCUT2D eigenvalue weighted by atomic mass is 10.1. The van der Waals surface area contributed by atoms with Crippen molar-refractivity contribution in [1.82, 2.24) is 4.90 Å². The quantitative estimate of drug-likeness (QED) is 0.573. The van der Waals surface area contributed by atoms with Gasteiger partial charge in [0.1, 0.15) is 5.75 Å². The summed E-state index contributed by atoms with van der Waals surface area (Å²) < 4.78 is 5.23. The van der Waals surface area contributed by atoms with E-state index in [1.54, 1.807) is 30.2 Å². The Hall–Kier alpha value is -2.37. The smallest absolute Gasteiger partial charge is 0.159 e. The lowest BCUT2D eigenvalue weighted by Crippen LogP contribution is -2.24. The van der Waals surface area contributed by atoms with Crippen LogP contribution in [-0.2, 0) is 6.54 Å². The molecule has 0 amide bonds. The number of Topliss-reactive ketones (excluding diaryl/α,β-unsaturated/α-hetero) is 1. The zero-order chi connectivity index (χ0) is 14.3. The minimum Gasteiger partial charge on any atom is -0.496 e. The van der Waals surface area contributed by atoms with Crippen molar-refractivity contribution in [1.29, 1.82) is 10.5 Å². The predicted molar refractivity (Wildman–Crippen MR) is 69.5 cm³/mol. The highest BCUT2D eigenvalue weighted by molar-refractivity contribution is 5.94. The molecule has 0 radical (unpaired) electrons. The largest absolute Gasteiger partial charge is 0.496 e. The molecule has 0 bridgehead atoms. The maximum Gasteiger partial charge on any atom is 0.159 e. The molecular formula is C14H15N3O2. The number of nitrogens with zero attached hydrogens (tertiary/aromatic N) is 3. The fourth-order valence-electron chi connectivity index (χ4n) is 1.73. The van der Waals surface area contributed by atoms with E-state index in [0.717, 1.165) is 5.56 Å². The number of rotatable bonds is 6. The minimum absolute atomic E-state index is 0.0315. The molecule has 0 aliphatic heterocycles.